The van der Waals surface area contributed by atoms with Gasteiger partial charge in [0, 0.05) is 6.04 Å². The molecule has 0 amide bonds. The molecule has 4 heteroatoms. The molecular formula is C13H18ClNO2. The summed E-state index contributed by atoms with van der Waals surface area (Å²) in [5.74, 6) is -0.717. The van der Waals surface area contributed by atoms with Gasteiger partial charge < -0.3 is 10.8 Å². The minimum absolute atomic E-state index is 0. The molecule has 1 saturated carbocycles. The number of carbonyl (C=O) groups is 1. The maximum Gasteiger partial charge on any atom is 0.314 e. The zero-order chi connectivity index (χ0) is 11.6. The van der Waals surface area contributed by atoms with Crippen molar-refractivity contribution in [1.82, 2.24) is 0 Å². The molecule has 2 rings (SSSR count). The number of benzene rings is 1. The Labute approximate surface area is 107 Å². The largest absolute Gasteiger partial charge is 0.481 e. The molecule has 1 fully saturated rings. The van der Waals surface area contributed by atoms with Crippen LogP contribution in [0.3, 0.4) is 0 Å². The highest BCUT2D eigenvalue weighted by molar-refractivity contribution is 5.85. The molecule has 1 aliphatic carbocycles. The summed E-state index contributed by atoms with van der Waals surface area (Å²) in [6, 6.07) is 9.68. The predicted molar refractivity (Wildman–Crippen MR) is 69.4 cm³/mol. The molecule has 0 radical (unpaired) electrons. The van der Waals surface area contributed by atoms with Gasteiger partial charge in [0.25, 0.3) is 0 Å². The van der Waals surface area contributed by atoms with Gasteiger partial charge in [-0.25, -0.2) is 0 Å². The fourth-order valence-electron chi connectivity index (χ4n) is 2.52. The molecule has 0 aliphatic heterocycles. The molecule has 94 valence electrons. The topological polar surface area (TPSA) is 63.3 Å². The molecular weight excluding hydrogens is 238 g/mol. The number of carboxylic acid groups (broad SMARTS) is 1. The fraction of sp³-hybridized carbons (Fsp3) is 0.462. The Balaban J connectivity index is 0.00000144. The number of aliphatic carboxylic acids is 1. The Morgan fingerprint density at radius 2 is 1.76 bits per heavy atom. The number of hydrogen-bond acceptors (Lipinski definition) is 2. The first-order valence-corrected chi connectivity index (χ1v) is 5.70. The van der Waals surface area contributed by atoms with Crippen molar-refractivity contribution < 1.29 is 9.90 Å². The SMILES string of the molecule is Cl.NC1CCC(C(=O)O)(c2ccccc2)CC1. The quantitative estimate of drug-likeness (QED) is 0.853. The Morgan fingerprint density at radius 3 is 2.24 bits per heavy atom. The first kappa shape index (κ1) is 14.0. The van der Waals surface area contributed by atoms with E-state index in [9.17, 15) is 9.90 Å². The summed E-state index contributed by atoms with van der Waals surface area (Å²) in [6.07, 6.45) is 2.88. The average Bonchev–Trinajstić information content (AvgIpc) is 2.31. The van der Waals surface area contributed by atoms with E-state index in [1.54, 1.807) is 0 Å². The van der Waals surface area contributed by atoms with Crippen LogP contribution in [0.15, 0.2) is 30.3 Å². The lowest BCUT2D eigenvalue weighted by molar-refractivity contribution is -0.145. The van der Waals surface area contributed by atoms with Crippen LogP contribution in [0.2, 0.25) is 0 Å². The second-order valence-electron chi connectivity index (χ2n) is 4.59. The molecule has 0 atom stereocenters. The van der Waals surface area contributed by atoms with Crippen LogP contribution in [-0.4, -0.2) is 17.1 Å². The zero-order valence-corrected chi connectivity index (χ0v) is 10.5. The van der Waals surface area contributed by atoms with Crippen LogP contribution in [0.5, 0.6) is 0 Å². The summed E-state index contributed by atoms with van der Waals surface area (Å²) < 4.78 is 0. The third-order valence-corrected chi connectivity index (χ3v) is 3.62. The molecule has 0 bridgehead atoms. The molecule has 3 N–H and O–H groups in total. The minimum Gasteiger partial charge on any atom is -0.481 e. The standard InChI is InChI=1S/C13H17NO2.ClH/c14-11-6-8-13(9-7-11,12(15)16)10-4-2-1-3-5-10;/h1-5,11H,6-9,14H2,(H,15,16);1H. The zero-order valence-electron chi connectivity index (χ0n) is 9.63. The van der Waals surface area contributed by atoms with Gasteiger partial charge in [0.2, 0.25) is 0 Å². The van der Waals surface area contributed by atoms with Gasteiger partial charge in [-0.3, -0.25) is 4.79 Å². The van der Waals surface area contributed by atoms with E-state index in [-0.39, 0.29) is 18.4 Å². The van der Waals surface area contributed by atoms with Crippen LogP contribution < -0.4 is 5.73 Å². The van der Waals surface area contributed by atoms with E-state index in [0.29, 0.717) is 12.8 Å². The number of carboxylic acids is 1. The third-order valence-electron chi connectivity index (χ3n) is 3.62. The predicted octanol–water partition coefficient (Wildman–Crippen LogP) is 2.33. The molecule has 0 saturated heterocycles. The van der Waals surface area contributed by atoms with Gasteiger partial charge in [-0.1, -0.05) is 30.3 Å². The summed E-state index contributed by atoms with van der Waals surface area (Å²) >= 11 is 0. The molecule has 17 heavy (non-hydrogen) atoms. The highest BCUT2D eigenvalue weighted by Gasteiger charge is 2.42. The lowest BCUT2D eigenvalue weighted by Gasteiger charge is -2.36. The second kappa shape index (κ2) is 5.52. The average molecular weight is 256 g/mol. The monoisotopic (exact) mass is 255 g/mol. The number of hydrogen-bond donors (Lipinski definition) is 2. The maximum absolute atomic E-state index is 11.5. The summed E-state index contributed by atoms with van der Waals surface area (Å²) in [7, 11) is 0. The van der Waals surface area contributed by atoms with Crippen molar-refractivity contribution in [2.45, 2.75) is 37.1 Å². The van der Waals surface area contributed by atoms with Gasteiger partial charge in [-0.05, 0) is 31.2 Å². The number of nitrogens with two attached hydrogens (primary N) is 1. The number of rotatable bonds is 2. The maximum atomic E-state index is 11.5. The Kier molecular flexibility index (Phi) is 4.54. The molecule has 0 heterocycles. The summed E-state index contributed by atoms with van der Waals surface area (Å²) in [4.78, 5) is 11.5. The van der Waals surface area contributed by atoms with Crippen molar-refractivity contribution in [3.05, 3.63) is 35.9 Å². The van der Waals surface area contributed by atoms with E-state index in [1.165, 1.54) is 0 Å². The van der Waals surface area contributed by atoms with E-state index in [4.69, 9.17) is 5.73 Å². The van der Waals surface area contributed by atoms with Crippen molar-refractivity contribution in [1.29, 1.82) is 0 Å². The van der Waals surface area contributed by atoms with E-state index in [2.05, 4.69) is 0 Å². The van der Waals surface area contributed by atoms with Gasteiger partial charge >= 0.3 is 5.97 Å². The third kappa shape index (κ3) is 2.61. The molecule has 3 nitrogen and oxygen atoms in total. The highest BCUT2D eigenvalue weighted by atomic mass is 35.5. The summed E-state index contributed by atoms with van der Waals surface area (Å²) in [6.45, 7) is 0. The lowest BCUT2D eigenvalue weighted by atomic mass is 9.68. The van der Waals surface area contributed by atoms with Crippen molar-refractivity contribution in [2.75, 3.05) is 0 Å². The van der Waals surface area contributed by atoms with Crippen molar-refractivity contribution in [3.63, 3.8) is 0 Å². The first-order chi connectivity index (χ1) is 7.65. The minimum atomic E-state index is -0.717. The summed E-state index contributed by atoms with van der Waals surface area (Å²) in [5.41, 5.74) is 6.04. The molecule has 1 aromatic rings. The molecule has 0 spiro atoms. The van der Waals surface area contributed by atoms with Crippen LogP contribution >= 0.6 is 12.4 Å². The molecule has 0 aromatic heterocycles. The van der Waals surface area contributed by atoms with E-state index < -0.39 is 11.4 Å². The van der Waals surface area contributed by atoms with Gasteiger partial charge in [-0.15, -0.1) is 12.4 Å². The van der Waals surface area contributed by atoms with Crippen LogP contribution in [0, 0.1) is 0 Å². The second-order valence-corrected chi connectivity index (χ2v) is 4.59. The van der Waals surface area contributed by atoms with Gasteiger partial charge in [0.1, 0.15) is 0 Å². The smallest absolute Gasteiger partial charge is 0.314 e. The van der Waals surface area contributed by atoms with Crippen molar-refractivity contribution >= 4 is 18.4 Å². The Hall–Kier alpha value is -1.06. The number of halogens is 1. The summed E-state index contributed by atoms with van der Waals surface area (Å²) in [5, 5.41) is 9.49. The highest BCUT2D eigenvalue weighted by Crippen LogP contribution is 2.39. The van der Waals surface area contributed by atoms with Crippen molar-refractivity contribution in [2.24, 2.45) is 5.73 Å². The van der Waals surface area contributed by atoms with E-state index in [1.807, 2.05) is 30.3 Å². The van der Waals surface area contributed by atoms with Crippen molar-refractivity contribution in [3.8, 4) is 0 Å². The van der Waals surface area contributed by atoms with Crippen LogP contribution in [0.4, 0.5) is 0 Å². The fourth-order valence-corrected chi connectivity index (χ4v) is 2.52. The van der Waals surface area contributed by atoms with E-state index in [0.717, 1.165) is 18.4 Å². The van der Waals surface area contributed by atoms with E-state index >= 15 is 0 Å². The Bertz CT molecular complexity index is 372. The Morgan fingerprint density at radius 1 is 1.24 bits per heavy atom. The van der Waals surface area contributed by atoms with Gasteiger partial charge in [0.15, 0.2) is 0 Å². The van der Waals surface area contributed by atoms with Gasteiger partial charge in [-0.2, -0.15) is 0 Å². The van der Waals surface area contributed by atoms with Gasteiger partial charge in [0.05, 0.1) is 5.41 Å². The normalized spacial score (nSPS) is 28.2. The van der Waals surface area contributed by atoms with Crippen LogP contribution in [0.25, 0.3) is 0 Å². The first-order valence-electron chi connectivity index (χ1n) is 5.70. The molecule has 1 aliphatic rings. The van der Waals surface area contributed by atoms with Crippen LogP contribution in [0.1, 0.15) is 31.2 Å². The molecule has 1 aromatic carbocycles. The van der Waals surface area contributed by atoms with Crippen LogP contribution in [-0.2, 0) is 10.2 Å². The lowest BCUT2D eigenvalue weighted by Crippen LogP contribution is -2.42. The molecule has 0 unspecified atom stereocenters.